The molecule has 0 fully saturated rings. The van der Waals surface area contributed by atoms with Crippen molar-refractivity contribution in [2.24, 2.45) is 0 Å². The molecule has 0 saturated carbocycles. The predicted molar refractivity (Wildman–Crippen MR) is 78.5 cm³/mol. The number of hydrogen-bond acceptors (Lipinski definition) is 3. The average Bonchev–Trinajstić information content (AvgIpc) is 2.52. The van der Waals surface area contributed by atoms with E-state index >= 15 is 0 Å². The van der Waals surface area contributed by atoms with Crippen LogP contribution in [-0.2, 0) is 0 Å². The fraction of sp³-hybridized carbons (Fsp3) is 0.562. The van der Waals surface area contributed by atoms with Crippen molar-refractivity contribution in [2.45, 2.75) is 26.8 Å². The maximum atomic E-state index is 12.7. The van der Waals surface area contributed by atoms with Gasteiger partial charge >= 0.3 is 0 Å². The van der Waals surface area contributed by atoms with E-state index in [-0.39, 0.29) is 11.8 Å². The number of nitrogens with zero attached hydrogens (tertiary/aromatic N) is 1. The first kappa shape index (κ1) is 14.9. The lowest BCUT2D eigenvalue weighted by atomic mass is 10.0. The first-order valence-electron chi connectivity index (χ1n) is 7.30. The fourth-order valence-corrected chi connectivity index (χ4v) is 2.49. The highest BCUT2D eigenvalue weighted by molar-refractivity contribution is 5.99. The Labute approximate surface area is 120 Å². The highest BCUT2D eigenvalue weighted by Gasteiger charge is 2.32. The Bertz CT molecular complexity index is 494. The van der Waals surface area contributed by atoms with Gasteiger partial charge in [-0.15, -0.1) is 0 Å². The van der Waals surface area contributed by atoms with Crippen molar-refractivity contribution >= 4 is 5.78 Å². The SMILES string of the molecule is CC[N+](C)(CC)C(C)C(=O)c1ccc2c(c1)OCCO2. The van der Waals surface area contributed by atoms with Gasteiger partial charge in [0.1, 0.15) is 19.3 Å². The standard InChI is InChI=1S/C16H24NO3/c1-5-17(4,6-2)12(3)16(18)13-7-8-14-15(11-13)20-10-9-19-14/h7-8,11-12H,5-6,9-10H2,1-4H3/q+1. The topological polar surface area (TPSA) is 35.5 Å². The Morgan fingerprint density at radius 2 is 1.80 bits per heavy atom. The second kappa shape index (κ2) is 5.83. The van der Waals surface area contributed by atoms with Gasteiger partial charge in [-0.3, -0.25) is 4.79 Å². The smallest absolute Gasteiger partial charge is 0.219 e. The van der Waals surface area contributed by atoms with Crippen LogP contribution >= 0.6 is 0 Å². The second-order valence-corrected chi connectivity index (χ2v) is 5.51. The molecular formula is C16H24NO3+. The van der Waals surface area contributed by atoms with Crippen LogP contribution in [0.1, 0.15) is 31.1 Å². The molecule has 20 heavy (non-hydrogen) atoms. The number of likely N-dealkylation sites (N-methyl/N-ethyl adjacent to an activating group) is 1. The average molecular weight is 278 g/mol. The molecule has 4 nitrogen and oxygen atoms in total. The normalized spacial score (nSPS) is 15.8. The van der Waals surface area contributed by atoms with Crippen LogP contribution in [0.4, 0.5) is 0 Å². The molecule has 4 heteroatoms. The third-order valence-corrected chi connectivity index (χ3v) is 4.59. The first-order valence-corrected chi connectivity index (χ1v) is 7.30. The van der Waals surface area contributed by atoms with Crippen LogP contribution in [0.5, 0.6) is 11.5 Å². The third kappa shape index (κ3) is 2.66. The molecule has 1 atom stereocenters. The summed E-state index contributed by atoms with van der Waals surface area (Å²) in [4.78, 5) is 12.7. The van der Waals surface area contributed by atoms with Crippen molar-refractivity contribution in [2.75, 3.05) is 33.4 Å². The van der Waals surface area contributed by atoms with Gasteiger partial charge in [0.15, 0.2) is 11.5 Å². The first-order chi connectivity index (χ1) is 9.51. The van der Waals surface area contributed by atoms with Gasteiger partial charge in [0.05, 0.1) is 20.1 Å². The molecule has 1 aliphatic heterocycles. The number of ketones is 1. The molecule has 0 radical (unpaired) electrons. The minimum Gasteiger partial charge on any atom is -0.486 e. The van der Waals surface area contributed by atoms with Gasteiger partial charge in [0.25, 0.3) is 0 Å². The van der Waals surface area contributed by atoms with Crippen LogP contribution in [0.2, 0.25) is 0 Å². The summed E-state index contributed by atoms with van der Waals surface area (Å²) in [5.41, 5.74) is 0.702. The molecule has 0 amide bonds. The molecular weight excluding hydrogens is 254 g/mol. The Kier molecular flexibility index (Phi) is 4.33. The maximum Gasteiger partial charge on any atom is 0.219 e. The molecule has 1 aromatic rings. The molecule has 1 heterocycles. The van der Waals surface area contributed by atoms with Crippen molar-refractivity contribution in [1.82, 2.24) is 0 Å². The summed E-state index contributed by atoms with van der Waals surface area (Å²) >= 11 is 0. The van der Waals surface area contributed by atoms with Gasteiger partial charge in [-0.25, -0.2) is 0 Å². The third-order valence-electron chi connectivity index (χ3n) is 4.59. The molecule has 1 aliphatic rings. The minimum atomic E-state index is -0.0624. The van der Waals surface area contributed by atoms with E-state index in [0.29, 0.717) is 24.5 Å². The molecule has 0 bridgehead atoms. The molecule has 0 aromatic heterocycles. The Morgan fingerprint density at radius 1 is 1.20 bits per heavy atom. The predicted octanol–water partition coefficient (Wildman–Crippen LogP) is 2.52. The number of quaternary nitrogens is 1. The van der Waals surface area contributed by atoms with Crippen LogP contribution in [0.15, 0.2) is 18.2 Å². The lowest BCUT2D eigenvalue weighted by Crippen LogP contribution is -2.54. The lowest BCUT2D eigenvalue weighted by molar-refractivity contribution is -0.918. The van der Waals surface area contributed by atoms with Crippen molar-refractivity contribution in [1.29, 1.82) is 0 Å². The number of hydrogen-bond donors (Lipinski definition) is 0. The molecule has 0 spiro atoms. The van der Waals surface area contributed by atoms with Crippen LogP contribution in [0.25, 0.3) is 0 Å². The van der Waals surface area contributed by atoms with Crippen molar-refractivity contribution in [3.8, 4) is 11.5 Å². The van der Waals surface area contributed by atoms with E-state index in [4.69, 9.17) is 9.47 Å². The van der Waals surface area contributed by atoms with Crippen LogP contribution < -0.4 is 9.47 Å². The van der Waals surface area contributed by atoms with E-state index in [2.05, 4.69) is 20.9 Å². The number of rotatable bonds is 5. The summed E-state index contributed by atoms with van der Waals surface area (Å²) in [5, 5.41) is 0. The summed E-state index contributed by atoms with van der Waals surface area (Å²) < 4.78 is 11.8. The van der Waals surface area contributed by atoms with E-state index in [9.17, 15) is 4.79 Å². The second-order valence-electron chi connectivity index (χ2n) is 5.51. The summed E-state index contributed by atoms with van der Waals surface area (Å²) in [5.74, 6) is 1.56. The zero-order valence-corrected chi connectivity index (χ0v) is 12.8. The summed E-state index contributed by atoms with van der Waals surface area (Å²) in [7, 11) is 2.13. The van der Waals surface area contributed by atoms with Gasteiger partial charge in [-0.2, -0.15) is 0 Å². The number of carbonyl (C=O) groups excluding carboxylic acids is 1. The number of fused-ring (bicyclic) bond motifs is 1. The zero-order chi connectivity index (χ0) is 14.8. The van der Waals surface area contributed by atoms with E-state index in [1.54, 1.807) is 0 Å². The Morgan fingerprint density at radius 3 is 2.40 bits per heavy atom. The van der Waals surface area contributed by atoms with Gasteiger partial charge in [-0.05, 0) is 39.0 Å². The van der Waals surface area contributed by atoms with Gasteiger partial charge in [0, 0.05) is 5.56 Å². The number of ether oxygens (including phenoxy) is 2. The Hall–Kier alpha value is -1.55. The number of carbonyl (C=O) groups is 1. The van der Waals surface area contributed by atoms with Gasteiger partial charge < -0.3 is 14.0 Å². The largest absolute Gasteiger partial charge is 0.486 e. The van der Waals surface area contributed by atoms with Crippen LogP contribution in [-0.4, -0.2) is 49.7 Å². The summed E-state index contributed by atoms with van der Waals surface area (Å²) in [6.07, 6.45) is 0. The van der Waals surface area contributed by atoms with E-state index < -0.39 is 0 Å². The molecule has 0 aliphatic carbocycles. The molecule has 0 N–H and O–H groups in total. The quantitative estimate of drug-likeness (QED) is 0.613. The van der Waals surface area contributed by atoms with Gasteiger partial charge in [-0.1, -0.05) is 0 Å². The highest BCUT2D eigenvalue weighted by Crippen LogP contribution is 2.31. The van der Waals surface area contributed by atoms with Crippen molar-refractivity contribution < 1.29 is 18.8 Å². The minimum absolute atomic E-state index is 0.0624. The molecule has 0 saturated heterocycles. The monoisotopic (exact) mass is 278 g/mol. The fourth-order valence-electron chi connectivity index (χ4n) is 2.49. The summed E-state index contributed by atoms with van der Waals surface area (Å²) in [6.45, 7) is 9.23. The maximum absolute atomic E-state index is 12.7. The van der Waals surface area contributed by atoms with E-state index in [1.165, 1.54) is 0 Å². The highest BCUT2D eigenvalue weighted by atomic mass is 16.6. The molecule has 1 unspecified atom stereocenters. The van der Waals surface area contributed by atoms with Crippen LogP contribution in [0.3, 0.4) is 0 Å². The summed E-state index contributed by atoms with van der Waals surface area (Å²) in [6, 6.07) is 5.41. The van der Waals surface area contributed by atoms with Crippen molar-refractivity contribution in [3.05, 3.63) is 23.8 Å². The molecule has 1 aromatic carbocycles. The van der Waals surface area contributed by atoms with E-state index in [1.807, 2.05) is 25.1 Å². The number of Topliss-reactive ketones (excluding diaryl/α,β-unsaturated/α-hetero) is 1. The van der Waals surface area contributed by atoms with Crippen molar-refractivity contribution in [3.63, 3.8) is 0 Å². The van der Waals surface area contributed by atoms with E-state index in [0.717, 1.165) is 23.3 Å². The lowest BCUT2D eigenvalue weighted by Gasteiger charge is -2.37. The molecule has 110 valence electrons. The van der Waals surface area contributed by atoms with Gasteiger partial charge in [0.2, 0.25) is 5.78 Å². The molecule has 2 rings (SSSR count). The Balaban J connectivity index is 2.25. The zero-order valence-electron chi connectivity index (χ0n) is 12.8. The van der Waals surface area contributed by atoms with Crippen LogP contribution in [0, 0.1) is 0 Å². The number of benzene rings is 1.